The number of aliphatic hydroxyl groups excluding tert-OH is 1. The highest BCUT2D eigenvalue weighted by atomic mass is 16.3. The lowest BCUT2D eigenvalue weighted by Gasteiger charge is -2.15. The molecule has 2 N–H and O–H groups in total. The number of aromatic nitrogens is 2. The van der Waals surface area contributed by atoms with E-state index in [0.29, 0.717) is 6.54 Å². The highest BCUT2D eigenvalue weighted by Gasteiger charge is 2.12. The highest BCUT2D eigenvalue weighted by Crippen LogP contribution is 2.01. The minimum absolute atomic E-state index is 0.180. The maximum atomic E-state index is 11.8. The van der Waals surface area contributed by atoms with Gasteiger partial charge in [-0.05, 0) is 25.3 Å². The Kier molecular flexibility index (Phi) is 5.35. The van der Waals surface area contributed by atoms with Crippen LogP contribution in [0, 0.1) is 0 Å². The summed E-state index contributed by atoms with van der Waals surface area (Å²) < 4.78 is 0. The summed E-state index contributed by atoms with van der Waals surface area (Å²) in [6, 6.07) is 2.69. The van der Waals surface area contributed by atoms with Gasteiger partial charge in [0.2, 0.25) is 0 Å². The summed E-state index contributed by atoms with van der Waals surface area (Å²) in [6.45, 7) is 0.790. The summed E-state index contributed by atoms with van der Waals surface area (Å²) in [6.07, 6.45) is 2.47. The summed E-state index contributed by atoms with van der Waals surface area (Å²) >= 11 is 0. The average Bonchev–Trinajstić information content (AvgIpc) is 2.34. The molecule has 1 heterocycles. The van der Waals surface area contributed by atoms with Crippen molar-refractivity contribution in [2.24, 2.45) is 0 Å². The van der Waals surface area contributed by atoms with Crippen LogP contribution >= 0.6 is 0 Å². The third-order valence-electron chi connectivity index (χ3n) is 2.40. The quantitative estimate of drug-likeness (QED) is 0.684. The molecular formula is C11H17N3O3. The van der Waals surface area contributed by atoms with Gasteiger partial charge in [-0.3, -0.25) is 9.59 Å². The van der Waals surface area contributed by atoms with Crippen LogP contribution in [0.1, 0.15) is 29.8 Å². The third kappa shape index (κ3) is 4.36. The molecule has 0 aliphatic heterocycles. The fourth-order valence-electron chi connectivity index (χ4n) is 1.40. The van der Waals surface area contributed by atoms with Crippen LogP contribution in [0.15, 0.2) is 16.9 Å². The molecule has 0 radical (unpaired) electrons. The molecule has 0 aliphatic carbocycles. The Morgan fingerprint density at radius 1 is 1.41 bits per heavy atom. The van der Waals surface area contributed by atoms with Crippen LogP contribution in [0.5, 0.6) is 0 Å². The van der Waals surface area contributed by atoms with E-state index in [1.165, 1.54) is 12.1 Å². The van der Waals surface area contributed by atoms with Crippen molar-refractivity contribution in [3.05, 3.63) is 28.2 Å². The zero-order valence-corrected chi connectivity index (χ0v) is 9.85. The molecule has 0 saturated carbocycles. The lowest BCUT2D eigenvalue weighted by atomic mass is 10.2. The lowest BCUT2D eigenvalue weighted by molar-refractivity contribution is 0.0785. The number of hydrogen-bond acceptors (Lipinski definition) is 4. The second kappa shape index (κ2) is 6.80. The first-order valence-electron chi connectivity index (χ1n) is 5.57. The van der Waals surface area contributed by atoms with Crippen LogP contribution in [0.25, 0.3) is 0 Å². The van der Waals surface area contributed by atoms with E-state index < -0.39 is 0 Å². The molecule has 94 valence electrons. The fraction of sp³-hybridized carbons (Fsp3) is 0.545. The standard InChI is InChI=1S/C11H17N3O3/c1-14(7-3-2-4-8-15)11(17)9-5-6-10(16)13-12-9/h5-6,15H,2-4,7-8H2,1H3,(H,13,16). The lowest BCUT2D eigenvalue weighted by Crippen LogP contribution is -2.29. The van der Waals surface area contributed by atoms with Gasteiger partial charge in [0.25, 0.3) is 11.5 Å². The van der Waals surface area contributed by atoms with Crippen LogP contribution in [0.4, 0.5) is 0 Å². The number of nitrogens with one attached hydrogen (secondary N) is 1. The number of amides is 1. The van der Waals surface area contributed by atoms with E-state index in [1.54, 1.807) is 11.9 Å². The molecule has 17 heavy (non-hydrogen) atoms. The van der Waals surface area contributed by atoms with E-state index >= 15 is 0 Å². The SMILES string of the molecule is CN(CCCCCO)C(=O)c1ccc(=O)[nH]n1. The molecule has 0 aromatic carbocycles. The minimum Gasteiger partial charge on any atom is -0.396 e. The summed E-state index contributed by atoms with van der Waals surface area (Å²) in [7, 11) is 1.69. The first-order chi connectivity index (χ1) is 8.15. The number of aromatic amines is 1. The molecule has 0 atom stereocenters. The van der Waals surface area contributed by atoms with Crippen molar-refractivity contribution >= 4 is 5.91 Å². The van der Waals surface area contributed by atoms with E-state index in [-0.39, 0.29) is 23.8 Å². The van der Waals surface area contributed by atoms with Gasteiger partial charge in [0, 0.05) is 26.3 Å². The fourth-order valence-corrected chi connectivity index (χ4v) is 1.40. The zero-order chi connectivity index (χ0) is 12.7. The van der Waals surface area contributed by atoms with Gasteiger partial charge in [-0.1, -0.05) is 0 Å². The summed E-state index contributed by atoms with van der Waals surface area (Å²) in [5, 5.41) is 14.5. The molecule has 6 nitrogen and oxygen atoms in total. The van der Waals surface area contributed by atoms with Gasteiger partial charge < -0.3 is 10.0 Å². The number of carbonyl (C=O) groups is 1. The number of aliphatic hydroxyl groups is 1. The van der Waals surface area contributed by atoms with Crippen molar-refractivity contribution in [2.45, 2.75) is 19.3 Å². The molecule has 0 fully saturated rings. The predicted octanol–water partition coefficient (Wildman–Crippen LogP) is 0.00450. The van der Waals surface area contributed by atoms with Gasteiger partial charge in [0.15, 0.2) is 0 Å². The molecule has 0 saturated heterocycles. The highest BCUT2D eigenvalue weighted by molar-refractivity contribution is 5.91. The summed E-state index contributed by atoms with van der Waals surface area (Å²) in [5.41, 5.74) is -0.0959. The Labute approximate surface area is 99.3 Å². The van der Waals surface area contributed by atoms with Gasteiger partial charge in [-0.2, -0.15) is 5.10 Å². The van der Waals surface area contributed by atoms with Crippen molar-refractivity contribution in [1.82, 2.24) is 15.1 Å². The zero-order valence-electron chi connectivity index (χ0n) is 9.85. The molecule has 1 aromatic rings. The molecule has 6 heteroatoms. The first-order valence-corrected chi connectivity index (χ1v) is 5.57. The second-order valence-electron chi connectivity index (χ2n) is 3.82. The molecule has 0 unspecified atom stereocenters. The van der Waals surface area contributed by atoms with E-state index in [0.717, 1.165) is 19.3 Å². The van der Waals surface area contributed by atoms with Gasteiger partial charge in [-0.15, -0.1) is 0 Å². The molecule has 0 spiro atoms. The van der Waals surface area contributed by atoms with Crippen LogP contribution < -0.4 is 5.56 Å². The smallest absolute Gasteiger partial charge is 0.274 e. The van der Waals surface area contributed by atoms with Crippen molar-refractivity contribution < 1.29 is 9.90 Å². The third-order valence-corrected chi connectivity index (χ3v) is 2.40. The van der Waals surface area contributed by atoms with Crippen molar-refractivity contribution in [2.75, 3.05) is 20.2 Å². The number of unbranched alkanes of at least 4 members (excludes halogenated alkanes) is 2. The van der Waals surface area contributed by atoms with Crippen molar-refractivity contribution in [1.29, 1.82) is 0 Å². The monoisotopic (exact) mass is 239 g/mol. The average molecular weight is 239 g/mol. The van der Waals surface area contributed by atoms with Crippen LogP contribution in [0.2, 0.25) is 0 Å². The molecule has 0 bridgehead atoms. The number of hydrogen-bond donors (Lipinski definition) is 2. The van der Waals surface area contributed by atoms with Gasteiger partial charge in [-0.25, -0.2) is 5.10 Å². The topological polar surface area (TPSA) is 86.3 Å². The Hall–Kier alpha value is -1.69. The van der Waals surface area contributed by atoms with Gasteiger partial charge in [0.05, 0.1) is 0 Å². The normalized spacial score (nSPS) is 10.2. The van der Waals surface area contributed by atoms with Gasteiger partial charge >= 0.3 is 0 Å². The van der Waals surface area contributed by atoms with E-state index in [9.17, 15) is 9.59 Å². The van der Waals surface area contributed by atoms with Crippen LogP contribution in [0.3, 0.4) is 0 Å². The largest absolute Gasteiger partial charge is 0.396 e. The minimum atomic E-state index is -0.327. The van der Waals surface area contributed by atoms with Gasteiger partial charge in [0.1, 0.15) is 5.69 Å². The van der Waals surface area contributed by atoms with Crippen molar-refractivity contribution in [3.63, 3.8) is 0 Å². The number of rotatable bonds is 6. The predicted molar refractivity (Wildman–Crippen MR) is 62.8 cm³/mol. The number of nitrogens with zero attached hydrogens (tertiary/aromatic N) is 2. The number of carbonyl (C=O) groups excluding carboxylic acids is 1. The summed E-state index contributed by atoms with van der Waals surface area (Å²) in [4.78, 5) is 24.2. The van der Waals surface area contributed by atoms with Crippen LogP contribution in [-0.2, 0) is 0 Å². The molecular weight excluding hydrogens is 222 g/mol. The second-order valence-corrected chi connectivity index (χ2v) is 3.82. The molecule has 0 aliphatic rings. The summed E-state index contributed by atoms with van der Waals surface area (Å²) in [5.74, 6) is -0.217. The van der Waals surface area contributed by atoms with E-state index in [2.05, 4.69) is 10.2 Å². The molecule has 1 rings (SSSR count). The number of H-pyrrole nitrogens is 1. The first kappa shape index (κ1) is 13.4. The van der Waals surface area contributed by atoms with E-state index in [1.807, 2.05) is 0 Å². The molecule has 1 aromatic heterocycles. The van der Waals surface area contributed by atoms with Crippen molar-refractivity contribution in [3.8, 4) is 0 Å². The molecule has 1 amide bonds. The maximum Gasteiger partial charge on any atom is 0.274 e. The Bertz CT molecular complexity index is 396. The van der Waals surface area contributed by atoms with Crippen LogP contribution in [-0.4, -0.2) is 46.3 Å². The Morgan fingerprint density at radius 2 is 2.18 bits per heavy atom. The Balaban J connectivity index is 2.46. The van der Waals surface area contributed by atoms with E-state index in [4.69, 9.17) is 5.11 Å². The Morgan fingerprint density at radius 3 is 2.76 bits per heavy atom. The maximum absolute atomic E-state index is 11.8.